The van der Waals surface area contributed by atoms with Crippen LogP contribution in [0.1, 0.15) is 39.3 Å². The molecule has 0 aliphatic rings. The highest BCUT2D eigenvalue weighted by Crippen LogP contribution is 2.22. The number of anilines is 1. The highest BCUT2D eigenvalue weighted by atomic mass is 16.2. The van der Waals surface area contributed by atoms with Gasteiger partial charge in [-0.15, -0.1) is 0 Å². The van der Waals surface area contributed by atoms with Crippen molar-refractivity contribution in [2.45, 2.75) is 39.8 Å². The SMILES string of the molecule is CCNC(C)c1ccccc1NC(=O)NC(C)C. The van der Waals surface area contributed by atoms with Crippen LogP contribution >= 0.6 is 0 Å². The zero-order chi connectivity index (χ0) is 13.5. The van der Waals surface area contributed by atoms with Gasteiger partial charge in [0.05, 0.1) is 0 Å². The van der Waals surface area contributed by atoms with Crippen LogP contribution in [0.15, 0.2) is 24.3 Å². The van der Waals surface area contributed by atoms with Crippen LogP contribution in [0.2, 0.25) is 0 Å². The minimum absolute atomic E-state index is 0.128. The molecule has 0 bridgehead atoms. The smallest absolute Gasteiger partial charge is 0.319 e. The molecular weight excluding hydrogens is 226 g/mol. The van der Waals surface area contributed by atoms with Gasteiger partial charge in [0.1, 0.15) is 0 Å². The van der Waals surface area contributed by atoms with Crippen LogP contribution in [0, 0.1) is 0 Å². The summed E-state index contributed by atoms with van der Waals surface area (Å²) in [7, 11) is 0. The molecule has 0 aromatic heterocycles. The van der Waals surface area contributed by atoms with E-state index >= 15 is 0 Å². The normalized spacial score (nSPS) is 12.3. The van der Waals surface area contributed by atoms with E-state index in [-0.39, 0.29) is 18.1 Å². The molecule has 0 saturated heterocycles. The van der Waals surface area contributed by atoms with E-state index in [0.29, 0.717) is 0 Å². The maximum atomic E-state index is 11.7. The third-order valence-corrected chi connectivity index (χ3v) is 2.61. The van der Waals surface area contributed by atoms with Crippen LogP contribution < -0.4 is 16.0 Å². The Morgan fingerprint density at radius 1 is 1.22 bits per heavy atom. The summed E-state index contributed by atoms with van der Waals surface area (Å²) in [4.78, 5) is 11.7. The molecule has 1 unspecified atom stereocenters. The fourth-order valence-corrected chi connectivity index (χ4v) is 1.83. The van der Waals surface area contributed by atoms with E-state index in [1.807, 2.05) is 38.1 Å². The molecule has 0 fully saturated rings. The summed E-state index contributed by atoms with van der Waals surface area (Å²) in [5, 5.41) is 9.05. The highest BCUT2D eigenvalue weighted by Gasteiger charge is 2.11. The summed E-state index contributed by atoms with van der Waals surface area (Å²) in [6, 6.07) is 8.03. The molecule has 3 N–H and O–H groups in total. The molecule has 1 atom stereocenters. The van der Waals surface area contributed by atoms with E-state index in [1.54, 1.807) is 0 Å². The lowest BCUT2D eigenvalue weighted by Crippen LogP contribution is -2.34. The van der Waals surface area contributed by atoms with E-state index in [1.165, 1.54) is 0 Å². The summed E-state index contributed by atoms with van der Waals surface area (Å²) < 4.78 is 0. The van der Waals surface area contributed by atoms with Crippen molar-refractivity contribution in [1.29, 1.82) is 0 Å². The number of hydrogen-bond acceptors (Lipinski definition) is 2. The molecule has 100 valence electrons. The second-order valence-electron chi connectivity index (χ2n) is 4.62. The van der Waals surface area contributed by atoms with Gasteiger partial charge in [0.2, 0.25) is 0 Å². The number of urea groups is 1. The van der Waals surface area contributed by atoms with E-state index in [9.17, 15) is 4.79 Å². The Hall–Kier alpha value is -1.55. The second kappa shape index (κ2) is 7.01. The molecule has 1 rings (SSSR count). The lowest BCUT2D eigenvalue weighted by Gasteiger charge is -2.18. The van der Waals surface area contributed by atoms with E-state index in [0.717, 1.165) is 17.8 Å². The molecular formula is C14H23N3O. The van der Waals surface area contributed by atoms with Gasteiger partial charge in [0.25, 0.3) is 0 Å². The number of benzene rings is 1. The Bertz CT molecular complexity index is 390. The fourth-order valence-electron chi connectivity index (χ4n) is 1.83. The fraction of sp³-hybridized carbons (Fsp3) is 0.500. The van der Waals surface area contributed by atoms with Gasteiger partial charge >= 0.3 is 6.03 Å². The van der Waals surface area contributed by atoms with Crippen molar-refractivity contribution in [2.75, 3.05) is 11.9 Å². The lowest BCUT2D eigenvalue weighted by atomic mass is 10.1. The number of carbonyl (C=O) groups excluding carboxylic acids is 1. The van der Waals surface area contributed by atoms with Crippen LogP contribution in [-0.4, -0.2) is 18.6 Å². The van der Waals surface area contributed by atoms with Gasteiger partial charge in [-0.3, -0.25) is 0 Å². The Morgan fingerprint density at radius 3 is 2.50 bits per heavy atom. The van der Waals surface area contributed by atoms with Crippen LogP contribution in [0.5, 0.6) is 0 Å². The summed E-state index contributed by atoms with van der Waals surface area (Å²) in [5.74, 6) is 0. The van der Waals surface area contributed by atoms with Crippen LogP contribution in [0.4, 0.5) is 10.5 Å². The highest BCUT2D eigenvalue weighted by molar-refractivity contribution is 5.90. The predicted molar refractivity (Wildman–Crippen MR) is 75.8 cm³/mol. The maximum absolute atomic E-state index is 11.7. The molecule has 0 heterocycles. The minimum Gasteiger partial charge on any atom is -0.336 e. The molecule has 4 heteroatoms. The number of rotatable bonds is 5. The Morgan fingerprint density at radius 2 is 1.89 bits per heavy atom. The van der Waals surface area contributed by atoms with Gasteiger partial charge in [0.15, 0.2) is 0 Å². The first-order chi connectivity index (χ1) is 8.54. The van der Waals surface area contributed by atoms with E-state index < -0.39 is 0 Å². The van der Waals surface area contributed by atoms with Crippen molar-refractivity contribution in [3.63, 3.8) is 0 Å². The largest absolute Gasteiger partial charge is 0.336 e. The van der Waals surface area contributed by atoms with Crippen molar-refractivity contribution in [3.05, 3.63) is 29.8 Å². The molecule has 0 radical (unpaired) electrons. The van der Waals surface area contributed by atoms with Gasteiger partial charge < -0.3 is 16.0 Å². The van der Waals surface area contributed by atoms with Gasteiger partial charge in [-0.25, -0.2) is 4.79 Å². The molecule has 18 heavy (non-hydrogen) atoms. The van der Waals surface area contributed by atoms with Gasteiger partial charge in [-0.1, -0.05) is 25.1 Å². The standard InChI is InChI=1S/C14H23N3O/c1-5-15-11(4)12-8-6-7-9-13(12)17-14(18)16-10(2)3/h6-11,15H,5H2,1-4H3,(H2,16,17,18). The lowest BCUT2D eigenvalue weighted by molar-refractivity contribution is 0.250. The summed E-state index contributed by atoms with van der Waals surface area (Å²) >= 11 is 0. The van der Waals surface area contributed by atoms with Gasteiger partial charge in [-0.05, 0) is 38.9 Å². The van der Waals surface area contributed by atoms with Crippen molar-refractivity contribution < 1.29 is 4.79 Å². The number of carbonyl (C=O) groups is 1. The zero-order valence-corrected chi connectivity index (χ0v) is 11.6. The van der Waals surface area contributed by atoms with Crippen molar-refractivity contribution in [2.24, 2.45) is 0 Å². The Labute approximate surface area is 109 Å². The van der Waals surface area contributed by atoms with E-state index in [2.05, 4.69) is 29.8 Å². The number of nitrogens with one attached hydrogen (secondary N) is 3. The zero-order valence-electron chi connectivity index (χ0n) is 11.6. The van der Waals surface area contributed by atoms with Crippen LogP contribution in [0.25, 0.3) is 0 Å². The topological polar surface area (TPSA) is 53.2 Å². The van der Waals surface area contributed by atoms with E-state index in [4.69, 9.17) is 0 Å². The number of para-hydroxylation sites is 1. The molecule has 0 aliphatic heterocycles. The molecule has 0 spiro atoms. The van der Waals surface area contributed by atoms with Crippen LogP contribution in [-0.2, 0) is 0 Å². The Balaban J connectivity index is 2.79. The van der Waals surface area contributed by atoms with Crippen LogP contribution in [0.3, 0.4) is 0 Å². The van der Waals surface area contributed by atoms with Crippen molar-refractivity contribution in [1.82, 2.24) is 10.6 Å². The number of amides is 2. The first-order valence-electron chi connectivity index (χ1n) is 6.44. The quantitative estimate of drug-likeness (QED) is 0.751. The average molecular weight is 249 g/mol. The van der Waals surface area contributed by atoms with Crippen molar-refractivity contribution in [3.8, 4) is 0 Å². The third-order valence-electron chi connectivity index (χ3n) is 2.61. The summed E-state index contributed by atoms with van der Waals surface area (Å²) in [6.07, 6.45) is 0. The first-order valence-corrected chi connectivity index (χ1v) is 6.44. The third kappa shape index (κ3) is 4.37. The van der Waals surface area contributed by atoms with Crippen molar-refractivity contribution >= 4 is 11.7 Å². The summed E-state index contributed by atoms with van der Waals surface area (Å²) in [6.45, 7) is 8.93. The van der Waals surface area contributed by atoms with Gasteiger partial charge in [-0.2, -0.15) is 0 Å². The molecule has 1 aromatic rings. The molecule has 0 aliphatic carbocycles. The maximum Gasteiger partial charge on any atom is 0.319 e. The van der Waals surface area contributed by atoms with Gasteiger partial charge in [0, 0.05) is 17.8 Å². The summed E-state index contributed by atoms with van der Waals surface area (Å²) in [5.41, 5.74) is 1.95. The number of hydrogen-bond donors (Lipinski definition) is 3. The molecule has 0 saturated carbocycles. The second-order valence-corrected chi connectivity index (χ2v) is 4.62. The minimum atomic E-state index is -0.166. The first kappa shape index (κ1) is 14.5. The predicted octanol–water partition coefficient (Wildman–Crippen LogP) is 2.89. The molecule has 2 amide bonds. The Kier molecular flexibility index (Phi) is 5.65. The molecule has 4 nitrogen and oxygen atoms in total. The monoisotopic (exact) mass is 249 g/mol. The molecule has 1 aromatic carbocycles. The average Bonchev–Trinajstić information content (AvgIpc) is 2.28.